The van der Waals surface area contributed by atoms with Crippen molar-refractivity contribution in [1.82, 2.24) is 30.3 Å². The molecule has 0 saturated carbocycles. The number of aromatic nitrogens is 6. The third-order valence-corrected chi connectivity index (χ3v) is 5.56. The molecule has 0 spiro atoms. The average Bonchev–Trinajstić information content (AvgIpc) is 3.58. The highest BCUT2D eigenvalue weighted by Crippen LogP contribution is 2.40. The molecule has 31 heavy (non-hydrogen) atoms. The fourth-order valence-corrected chi connectivity index (χ4v) is 4.10. The molecule has 1 fully saturated rings. The van der Waals surface area contributed by atoms with Gasteiger partial charge in [0.2, 0.25) is 0 Å². The number of hydrogen-bond donors (Lipinski definition) is 1. The molecule has 1 N–H and O–H groups in total. The van der Waals surface area contributed by atoms with Crippen LogP contribution in [0.5, 0.6) is 0 Å². The van der Waals surface area contributed by atoms with Crippen LogP contribution >= 0.6 is 0 Å². The van der Waals surface area contributed by atoms with E-state index in [0.29, 0.717) is 18.2 Å². The number of rotatable bonds is 5. The number of anilines is 2. The monoisotopic (exact) mass is 416 g/mol. The summed E-state index contributed by atoms with van der Waals surface area (Å²) < 4.78 is 11.9. The predicted octanol–water partition coefficient (Wildman–Crippen LogP) is 2.07. The number of tetrazole rings is 1. The molecule has 2 atom stereocenters. The van der Waals surface area contributed by atoms with Crippen molar-refractivity contribution in [3.8, 4) is 16.9 Å². The molecule has 2 aliphatic heterocycles. The van der Waals surface area contributed by atoms with Crippen molar-refractivity contribution < 1.29 is 14.1 Å². The predicted molar refractivity (Wildman–Crippen MR) is 108 cm³/mol. The smallest absolute Gasteiger partial charge is 0.415 e. The van der Waals surface area contributed by atoms with Gasteiger partial charge < -0.3 is 14.6 Å². The molecule has 11 nitrogen and oxygen atoms in total. The van der Waals surface area contributed by atoms with Crippen LogP contribution in [-0.2, 0) is 11.2 Å². The lowest BCUT2D eigenvalue weighted by molar-refractivity contribution is 0.137. The third kappa shape index (κ3) is 2.98. The van der Waals surface area contributed by atoms with Gasteiger partial charge in [0.15, 0.2) is 11.6 Å². The molecule has 1 aromatic carbocycles. The lowest BCUT2D eigenvalue weighted by Crippen LogP contribution is -2.36. The number of cyclic esters (lactones) is 1. The molecule has 3 aromatic heterocycles. The van der Waals surface area contributed by atoms with E-state index >= 15 is 0 Å². The molecule has 1 saturated heterocycles. The summed E-state index contributed by atoms with van der Waals surface area (Å²) >= 11 is 0. The van der Waals surface area contributed by atoms with Crippen LogP contribution in [0.1, 0.15) is 5.56 Å². The van der Waals surface area contributed by atoms with Crippen LogP contribution in [-0.4, -0.2) is 55.1 Å². The Hall–Kier alpha value is -4.28. The zero-order valence-corrected chi connectivity index (χ0v) is 16.1. The van der Waals surface area contributed by atoms with Gasteiger partial charge in [-0.05, 0) is 52.2 Å². The second-order valence-electron chi connectivity index (χ2n) is 7.33. The van der Waals surface area contributed by atoms with Gasteiger partial charge in [-0.25, -0.2) is 9.78 Å². The number of carbonyl (C=O) groups excluding carboxylic acids is 1. The van der Waals surface area contributed by atoms with Crippen LogP contribution in [0.4, 0.5) is 16.3 Å². The molecule has 154 valence electrons. The second kappa shape index (κ2) is 6.90. The highest BCUT2D eigenvalue weighted by atomic mass is 16.6. The summed E-state index contributed by atoms with van der Waals surface area (Å²) in [5.41, 5.74) is 4.00. The molecule has 0 bridgehead atoms. The molecule has 0 radical (unpaired) electrons. The Bertz CT molecular complexity index is 1220. The third-order valence-electron chi connectivity index (χ3n) is 5.56. The first-order valence-electron chi connectivity index (χ1n) is 9.73. The minimum absolute atomic E-state index is 0.0579. The van der Waals surface area contributed by atoms with Gasteiger partial charge in [0.25, 0.3) is 0 Å². The number of fused-ring (bicyclic) bond motifs is 3. The zero-order valence-electron chi connectivity index (χ0n) is 16.1. The number of nitrogens with zero attached hydrogens (tertiary/aromatic N) is 7. The summed E-state index contributed by atoms with van der Waals surface area (Å²) in [5, 5.41) is 18.1. The maximum absolute atomic E-state index is 12.5. The zero-order chi connectivity index (χ0) is 20.8. The van der Waals surface area contributed by atoms with Crippen LogP contribution in [0.2, 0.25) is 0 Å². The Morgan fingerprint density at radius 3 is 2.87 bits per heavy atom. The van der Waals surface area contributed by atoms with Crippen LogP contribution < -0.4 is 10.2 Å². The Balaban J connectivity index is 1.23. The first kappa shape index (κ1) is 17.6. The summed E-state index contributed by atoms with van der Waals surface area (Å²) in [7, 11) is 0. The lowest BCUT2D eigenvalue weighted by atomic mass is 10.0. The van der Waals surface area contributed by atoms with E-state index < -0.39 is 0 Å². The number of pyridine rings is 1. The van der Waals surface area contributed by atoms with E-state index in [1.807, 2.05) is 24.3 Å². The number of nitrogens with one attached hydrogen (secondary N) is 1. The maximum Gasteiger partial charge on any atom is 0.415 e. The van der Waals surface area contributed by atoms with E-state index in [9.17, 15) is 4.79 Å². The van der Waals surface area contributed by atoms with E-state index in [0.717, 1.165) is 28.8 Å². The van der Waals surface area contributed by atoms with Crippen molar-refractivity contribution in [3.05, 3.63) is 60.7 Å². The fourth-order valence-electron chi connectivity index (χ4n) is 4.10. The van der Waals surface area contributed by atoms with E-state index in [-0.39, 0.29) is 18.2 Å². The summed E-state index contributed by atoms with van der Waals surface area (Å²) in [4.78, 5) is 18.7. The molecule has 0 aliphatic carbocycles. The van der Waals surface area contributed by atoms with Gasteiger partial charge in [-0.2, -0.15) is 4.68 Å². The number of ether oxygens (including phenoxy) is 1. The summed E-state index contributed by atoms with van der Waals surface area (Å²) in [6.45, 7) is 0.461. The molecule has 4 aromatic rings. The molecule has 1 amide bonds. The summed E-state index contributed by atoms with van der Waals surface area (Å²) in [5.74, 6) is 1.26. The Morgan fingerprint density at radius 1 is 1.16 bits per heavy atom. The SMILES string of the molecule is O=C1O[C@@H](CNc2ccon2)C2Cc3cc(-c4ccc(-n5cnnn5)nc4)ccc3N12. The summed E-state index contributed by atoms with van der Waals surface area (Å²) in [6, 6.07) is 11.6. The molecular formula is C20H16N8O3. The Morgan fingerprint density at radius 2 is 2.10 bits per heavy atom. The van der Waals surface area contributed by atoms with E-state index in [1.54, 1.807) is 17.2 Å². The van der Waals surface area contributed by atoms with E-state index in [4.69, 9.17) is 9.26 Å². The minimum Gasteiger partial charge on any atom is -0.442 e. The van der Waals surface area contributed by atoms with Crippen LogP contribution in [0.25, 0.3) is 16.9 Å². The van der Waals surface area contributed by atoms with Crippen molar-refractivity contribution in [3.63, 3.8) is 0 Å². The van der Waals surface area contributed by atoms with Crippen molar-refractivity contribution in [2.24, 2.45) is 0 Å². The van der Waals surface area contributed by atoms with Crippen molar-refractivity contribution in [1.29, 1.82) is 0 Å². The summed E-state index contributed by atoms with van der Waals surface area (Å²) in [6.07, 6.45) is 4.89. The van der Waals surface area contributed by atoms with Gasteiger partial charge in [0.1, 0.15) is 18.7 Å². The molecule has 1 unspecified atom stereocenters. The first-order valence-corrected chi connectivity index (χ1v) is 9.73. The molecule has 2 aliphatic rings. The van der Waals surface area contributed by atoms with Crippen LogP contribution in [0.3, 0.4) is 0 Å². The first-order chi connectivity index (χ1) is 15.3. The lowest BCUT2D eigenvalue weighted by Gasteiger charge is -2.16. The highest BCUT2D eigenvalue weighted by molar-refractivity contribution is 5.94. The van der Waals surface area contributed by atoms with Crippen LogP contribution in [0.15, 0.2) is 59.7 Å². The number of hydrogen-bond acceptors (Lipinski definition) is 9. The van der Waals surface area contributed by atoms with Gasteiger partial charge in [0.05, 0.1) is 18.3 Å². The topological polar surface area (TPSA) is 124 Å². The Labute approximate surface area is 175 Å². The van der Waals surface area contributed by atoms with Gasteiger partial charge in [0, 0.05) is 17.8 Å². The standard InChI is InChI=1S/C20H16N8O3/c29-20-28-15-3-1-12(13-2-4-19(22-9-13)27-11-23-25-26-27)7-14(15)8-16(28)17(31-20)10-21-18-5-6-30-24-18/h1-7,9,11,16-17H,8,10H2,(H,21,24)/t16?,17-/m0/s1. The average molecular weight is 416 g/mol. The number of carbonyl (C=O) groups is 1. The fraction of sp³-hybridized carbons (Fsp3) is 0.200. The van der Waals surface area contributed by atoms with Gasteiger partial charge in [-0.15, -0.1) is 5.10 Å². The normalized spacial score (nSPS) is 19.2. The maximum atomic E-state index is 12.5. The van der Waals surface area contributed by atoms with E-state index in [1.165, 1.54) is 17.3 Å². The van der Waals surface area contributed by atoms with Gasteiger partial charge >= 0.3 is 6.09 Å². The quantitative estimate of drug-likeness (QED) is 0.520. The van der Waals surface area contributed by atoms with Crippen molar-refractivity contribution in [2.75, 3.05) is 16.8 Å². The molecular weight excluding hydrogens is 400 g/mol. The number of amides is 1. The number of benzene rings is 1. The van der Waals surface area contributed by atoms with E-state index in [2.05, 4.69) is 37.0 Å². The molecule has 5 heterocycles. The molecule has 11 heteroatoms. The molecule has 6 rings (SSSR count). The Kier molecular flexibility index (Phi) is 3.91. The largest absolute Gasteiger partial charge is 0.442 e. The van der Waals surface area contributed by atoms with Crippen molar-refractivity contribution in [2.45, 2.75) is 18.6 Å². The van der Waals surface area contributed by atoms with Gasteiger partial charge in [-0.3, -0.25) is 4.90 Å². The minimum atomic E-state index is -0.323. The van der Waals surface area contributed by atoms with Crippen LogP contribution in [0, 0.1) is 0 Å². The highest BCUT2D eigenvalue weighted by Gasteiger charge is 2.47. The second-order valence-corrected chi connectivity index (χ2v) is 7.33. The van der Waals surface area contributed by atoms with Gasteiger partial charge in [-0.1, -0.05) is 11.2 Å². The van der Waals surface area contributed by atoms with Crippen molar-refractivity contribution >= 4 is 17.6 Å².